The number of carbonyl (C=O) groups excluding carboxylic acids is 1. The van der Waals surface area contributed by atoms with Gasteiger partial charge in [-0.2, -0.15) is 5.10 Å². The molecule has 2 N–H and O–H groups in total. The molecule has 146 valence electrons. The zero-order chi connectivity index (χ0) is 19.9. The normalized spacial score (nSPS) is 11.9. The average Bonchev–Trinajstić information content (AvgIpc) is 3.30. The van der Waals surface area contributed by atoms with E-state index in [2.05, 4.69) is 15.6 Å². The molecule has 0 aliphatic carbocycles. The second-order valence-corrected chi connectivity index (χ2v) is 6.69. The number of nitrogens with zero attached hydrogens (tertiary/aromatic N) is 3. The predicted octanol–water partition coefficient (Wildman–Crippen LogP) is 2.43. The Kier molecular flexibility index (Phi) is 6.21. The van der Waals surface area contributed by atoms with Crippen molar-refractivity contribution in [2.75, 3.05) is 0 Å². The standard InChI is InChI=1S/C20H22N4O4/c1-14-11-21-24(12-14)13-17-10-18(23-28-17)20(27)22-16(7-8-19(25)26)9-15-5-3-2-4-6-15/h2-6,10-12,16H,7-9,13H2,1H3,(H,22,27)(H,25,26). The molecule has 0 fully saturated rings. The van der Waals surface area contributed by atoms with Gasteiger partial charge in [0.1, 0.15) is 6.54 Å². The smallest absolute Gasteiger partial charge is 0.303 e. The van der Waals surface area contributed by atoms with Crippen LogP contribution in [0.25, 0.3) is 0 Å². The molecule has 0 bridgehead atoms. The summed E-state index contributed by atoms with van der Waals surface area (Å²) in [5.74, 6) is -0.776. The summed E-state index contributed by atoms with van der Waals surface area (Å²) in [6.07, 6.45) is 4.44. The van der Waals surface area contributed by atoms with Gasteiger partial charge < -0.3 is 14.9 Å². The summed E-state index contributed by atoms with van der Waals surface area (Å²) in [6.45, 7) is 2.31. The summed E-state index contributed by atoms with van der Waals surface area (Å²) in [7, 11) is 0. The van der Waals surface area contributed by atoms with Gasteiger partial charge in [0.25, 0.3) is 5.91 Å². The highest BCUT2D eigenvalue weighted by molar-refractivity contribution is 5.92. The van der Waals surface area contributed by atoms with Crippen LogP contribution in [0, 0.1) is 6.92 Å². The molecule has 1 amide bonds. The van der Waals surface area contributed by atoms with Crippen molar-refractivity contribution in [3.63, 3.8) is 0 Å². The Morgan fingerprint density at radius 3 is 2.75 bits per heavy atom. The first-order chi connectivity index (χ1) is 13.5. The van der Waals surface area contributed by atoms with Crippen LogP contribution in [0.1, 0.15) is 40.2 Å². The number of hydrogen-bond donors (Lipinski definition) is 2. The van der Waals surface area contributed by atoms with E-state index in [0.29, 0.717) is 25.1 Å². The van der Waals surface area contributed by atoms with Crippen LogP contribution in [-0.4, -0.2) is 38.0 Å². The average molecular weight is 382 g/mol. The number of aromatic nitrogens is 3. The van der Waals surface area contributed by atoms with Gasteiger partial charge in [0.05, 0.1) is 6.20 Å². The SMILES string of the molecule is Cc1cnn(Cc2cc(C(=O)NC(CCC(=O)O)Cc3ccccc3)no2)c1. The summed E-state index contributed by atoms with van der Waals surface area (Å²) in [4.78, 5) is 23.5. The first kappa shape index (κ1) is 19.3. The van der Waals surface area contributed by atoms with E-state index in [4.69, 9.17) is 9.63 Å². The maximum Gasteiger partial charge on any atom is 0.303 e. The number of carbonyl (C=O) groups is 2. The van der Waals surface area contributed by atoms with E-state index >= 15 is 0 Å². The first-order valence-electron chi connectivity index (χ1n) is 9.01. The lowest BCUT2D eigenvalue weighted by Gasteiger charge is -2.17. The van der Waals surface area contributed by atoms with Crippen molar-refractivity contribution in [3.05, 3.63) is 71.4 Å². The van der Waals surface area contributed by atoms with Gasteiger partial charge in [-0.3, -0.25) is 14.3 Å². The van der Waals surface area contributed by atoms with Gasteiger partial charge in [0.15, 0.2) is 11.5 Å². The molecule has 1 atom stereocenters. The number of aliphatic carboxylic acids is 1. The Bertz CT molecular complexity index is 933. The molecule has 0 spiro atoms. The molecule has 0 saturated carbocycles. The van der Waals surface area contributed by atoms with Gasteiger partial charge in [-0.15, -0.1) is 0 Å². The van der Waals surface area contributed by atoms with Crippen LogP contribution in [0.3, 0.4) is 0 Å². The van der Waals surface area contributed by atoms with Crippen molar-refractivity contribution in [1.82, 2.24) is 20.3 Å². The van der Waals surface area contributed by atoms with Crippen LogP contribution in [0.15, 0.2) is 53.3 Å². The Hall–Kier alpha value is -3.42. The fourth-order valence-corrected chi connectivity index (χ4v) is 2.89. The highest BCUT2D eigenvalue weighted by Crippen LogP contribution is 2.11. The number of hydrogen-bond acceptors (Lipinski definition) is 5. The van der Waals surface area contributed by atoms with Gasteiger partial charge in [0.2, 0.25) is 0 Å². The van der Waals surface area contributed by atoms with Crippen LogP contribution >= 0.6 is 0 Å². The molecule has 8 heteroatoms. The highest BCUT2D eigenvalue weighted by Gasteiger charge is 2.19. The van der Waals surface area contributed by atoms with Gasteiger partial charge in [-0.25, -0.2) is 0 Å². The van der Waals surface area contributed by atoms with Gasteiger partial charge >= 0.3 is 5.97 Å². The topological polar surface area (TPSA) is 110 Å². The maximum atomic E-state index is 12.6. The number of nitrogens with one attached hydrogen (secondary N) is 1. The van der Waals surface area contributed by atoms with Crippen LogP contribution in [0.2, 0.25) is 0 Å². The summed E-state index contributed by atoms with van der Waals surface area (Å²) in [6, 6.07) is 10.9. The number of carboxylic acids is 1. The minimum absolute atomic E-state index is 0.0273. The molecule has 2 aromatic heterocycles. The molecular formula is C20H22N4O4. The van der Waals surface area contributed by atoms with Crippen LogP contribution < -0.4 is 5.32 Å². The van der Waals surface area contributed by atoms with Crippen molar-refractivity contribution in [2.24, 2.45) is 0 Å². The fraction of sp³-hybridized carbons (Fsp3) is 0.300. The van der Waals surface area contributed by atoms with Crippen molar-refractivity contribution in [1.29, 1.82) is 0 Å². The zero-order valence-corrected chi connectivity index (χ0v) is 15.5. The van der Waals surface area contributed by atoms with E-state index in [0.717, 1.165) is 11.1 Å². The Labute approximate surface area is 162 Å². The lowest BCUT2D eigenvalue weighted by atomic mass is 10.0. The van der Waals surface area contributed by atoms with Crippen LogP contribution in [-0.2, 0) is 17.8 Å². The van der Waals surface area contributed by atoms with Crippen molar-refractivity contribution >= 4 is 11.9 Å². The maximum absolute atomic E-state index is 12.6. The number of aryl methyl sites for hydroxylation is 1. The molecule has 0 aliphatic heterocycles. The third kappa shape index (κ3) is 5.54. The molecule has 28 heavy (non-hydrogen) atoms. The monoisotopic (exact) mass is 382 g/mol. The van der Waals surface area contributed by atoms with Crippen molar-refractivity contribution < 1.29 is 19.2 Å². The quantitative estimate of drug-likeness (QED) is 0.588. The van der Waals surface area contributed by atoms with E-state index in [1.165, 1.54) is 0 Å². The number of amides is 1. The summed E-state index contributed by atoms with van der Waals surface area (Å²) in [5, 5.41) is 19.9. The van der Waals surface area contributed by atoms with E-state index in [1.807, 2.05) is 43.5 Å². The van der Waals surface area contributed by atoms with Gasteiger partial charge in [0, 0.05) is 24.7 Å². The lowest BCUT2D eigenvalue weighted by molar-refractivity contribution is -0.137. The van der Waals surface area contributed by atoms with Gasteiger partial charge in [-0.1, -0.05) is 35.5 Å². The van der Waals surface area contributed by atoms with Crippen LogP contribution in [0.4, 0.5) is 0 Å². The Balaban J connectivity index is 1.64. The number of benzene rings is 1. The zero-order valence-electron chi connectivity index (χ0n) is 15.5. The molecule has 0 saturated heterocycles. The highest BCUT2D eigenvalue weighted by atomic mass is 16.5. The largest absolute Gasteiger partial charge is 0.481 e. The molecule has 8 nitrogen and oxygen atoms in total. The molecule has 0 aliphatic rings. The predicted molar refractivity (Wildman–Crippen MR) is 101 cm³/mol. The Morgan fingerprint density at radius 2 is 2.07 bits per heavy atom. The third-order valence-corrected chi connectivity index (χ3v) is 4.24. The molecule has 1 aromatic carbocycles. The molecule has 1 unspecified atom stereocenters. The number of carboxylic acid groups (broad SMARTS) is 1. The summed E-state index contributed by atoms with van der Waals surface area (Å²) in [5.41, 5.74) is 2.21. The molecule has 3 aromatic rings. The van der Waals surface area contributed by atoms with E-state index < -0.39 is 11.9 Å². The van der Waals surface area contributed by atoms with E-state index in [9.17, 15) is 9.59 Å². The molecule has 2 heterocycles. The van der Waals surface area contributed by atoms with Crippen molar-refractivity contribution in [3.8, 4) is 0 Å². The first-order valence-corrected chi connectivity index (χ1v) is 9.01. The molecule has 0 radical (unpaired) electrons. The summed E-state index contributed by atoms with van der Waals surface area (Å²) >= 11 is 0. The number of rotatable bonds is 9. The minimum Gasteiger partial charge on any atom is -0.481 e. The second kappa shape index (κ2) is 8.98. The minimum atomic E-state index is -0.898. The lowest BCUT2D eigenvalue weighted by Crippen LogP contribution is -2.37. The van der Waals surface area contributed by atoms with Crippen molar-refractivity contribution in [2.45, 2.75) is 38.8 Å². The van der Waals surface area contributed by atoms with E-state index in [1.54, 1.807) is 16.9 Å². The summed E-state index contributed by atoms with van der Waals surface area (Å²) < 4.78 is 6.93. The second-order valence-electron chi connectivity index (χ2n) is 6.69. The van der Waals surface area contributed by atoms with Crippen LogP contribution in [0.5, 0.6) is 0 Å². The Morgan fingerprint density at radius 1 is 1.29 bits per heavy atom. The fourth-order valence-electron chi connectivity index (χ4n) is 2.89. The van der Waals surface area contributed by atoms with E-state index in [-0.39, 0.29) is 18.2 Å². The molecule has 3 rings (SSSR count). The van der Waals surface area contributed by atoms with Gasteiger partial charge in [-0.05, 0) is 30.9 Å². The third-order valence-electron chi connectivity index (χ3n) is 4.24. The molecular weight excluding hydrogens is 360 g/mol.